The van der Waals surface area contributed by atoms with Gasteiger partial charge in [0.2, 0.25) is 5.91 Å². The number of carbonyl (C=O) groups is 3. The number of imide groups is 1. The number of hydrogen-bond donors (Lipinski definition) is 1. The first-order valence-corrected chi connectivity index (χ1v) is 8.66. The van der Waals surface area contributed by atoms with Crippen LogP contribution in [-0.4, -0.2) is 36.0 Å². The molecule has 0 bridgehead atoms. The van der Waals surface area contributed by atoms with E-state index in [0.717, 1.165) is 10.5 Å². The van der Waals surface area contributed by atoms with Crippen LogP contribution in [0.1, 0.15) is 24.9 Å². The highest BCUT2D eigenvalue weighted by atomic mass is 16.5. The molecule has 1 aliphatic heterocycles. The number of carbonyl (C=O) groups excluding carboxylic acids is 3. The highest BCUT2D eigenvalue weighted by Crippen LogP contribution is 2.28. The van der Waals surface area contributed by atoms with Crippen LogP contribution in [0.4, 0.5) is 4.79 Å². The summed E-state index contributed by atoms with van der Waals surface area (Å²) >= 11 is 0. The van der Waals surface area contributed by atoms with E-state index >= 15 is 0 Å². The van der Waals surface area contributed by atoms with Gasteiger partial charge in [-0.1, -0.05) is 30.3 Å². The largest absolute Gasteiger partial charge is 0.465 e. The van der Waals surface area contributed by atoms with Gasteiger partial charge in [0.05, 0.1) is 19.1 Å². The van der Waals surface area contributed by atoms with Crippen LogP contribution in [0.15, 0.2) is 54.6 Å². The molecule has 3 rings (SSSR count). The van der Waals surface area contributed by atoms with Gasteiger partial charge in [-0.15, -0.1) is 0 Å². The van der Waals surface area contributed by atoms with Crippen molar-refractivity contribution in [3.63, 3.8) is 0 Å². The minimum Gasteiger partial charge on any atom is -0.465 e. The molecule has 3 amide bonds. The maximum atomic E-state index is 12.3. The van der Waals surface area contributed by atoms with Gasteiger partial charge in [0, 0.05) is 0 Å². The van der Waals surface area contributed by atoms with E-state index in [1.807, 2.05) is 36.4 Å². The lowest BCUT2D eigenvalue weighted by atomic mass is 10.0. The molecule has 1 unspecified atom stereocenters. The van der Waals surface area contributed by atoms with Crippen molar-refractivity contribution in [2.45, 2.75) is 19.4 Å². The number of rotatable bonds is 6. The van der Waals surface area contributed by atoms with E-state index in [-0.39, 0.29) is 19.6 Å². The minimum atomic E-state index is -0.613. The fraction of sp³-hybridized carbons (Fsp3) is 0.250. The molecule has 7 nitrogen and oxygen atoms in total. The second-order valence-electron chi connectivity index (χ2n) is 5.98. The summed E-state index contributed by atoms with van der Waals surface area (Å²) in [6.07, 6.45) is 0.0555. The Morgan fingerprint density at radius 2 is 1.85 bits per heavy atom. The van der Waals surface area contributed by atoms with Crippen LogP contribution < -0.4 is 10.1 Å². The molecular weight excluding hydrogens is 348 g/mol. The van der Waals surface area contributed by atoms with Gasteiger partial charge in [0.1, 0.15) is 18.0 Å². The minimum absolute atomic E-state index is 0.0555. The molecule has 7 heteroatoms. The molecule has 1 aliphatic rings. The Morgan fingerprint density at radius 3 is 2.56 bits per heavy atom. The number of urea groups is 1. The van der Waals surface area contributed by atoms with Gasteiger partial charge in [-0.05, 0) is 36.8 Å². The Kier molecular flexibility index (Phi) is 5.71. The third kappa shape index (κ3) is 4.63. The lowest BCUT2D eigenvalue weighted by molar-refractivity contribution is -0.147. The molecule has 27 heavy (non-hydrogen) atoms. The van der Waals surface area contributed by atoms with Crippen molar-refractivity contribution in [1.82, 2.24) is 10.2 Å². The zero-order valence-corrected chi connectivity index (χ0v) is 14.9. The van der Waals surface area contributed by atoms with Crippen LogP contribution >= 0.6 is 0 Å². The predicted molar refractivity (Wildman–Crippen MR) is 97.2 cm³/mol. The Bertz CT molecular complexity index is 819. The SMILES string of the molecule is CCOC(=O)CN1C(=O)CC(c2cccc(Oc3ccccc3)c2)NC1=O. The van der Waals surface area contributed by atoms with Gasteiger partial charge in [-0.2, -0.15) is 0 Å². The first-order valence-electron chi connectivity index (χ1n) is 8.66. The molecule has 1 saturated heterocycles. The van der Waals surface area contributed by atoms with Crippen molar-refractivity contribution >= 4 is 17.9 Å². The number of benzene rings is 2. The Labute approximate surface area is 156 Å². The zero-order valence-electron chi connectivity index (χ0n) is 14.9. The van der Waals surface area contributed by atoms with Crippen LogP contribution in [0.3, 0.4) is 0 Å². The van der Waals surface area contributed by atoms with Gasteiger partial charge < -0.3 is 14.8 Å². The van der Waals surface area contributed by atoms with Crippen molar-refractivity contribution in [3.05, 3.63) is 60.2 Å². The highest BCUT2D eigenvalue weighted by molar-refractivity contribution is 6.00. The van der Waals surface area contributed by atoms with Gasteiger partial charge >= 0.3 is 12.0 Å². The molecule has 1 N–H and O–H groups in total. The molecule has 1 atom stereocenters. The smallest absolute Gasteiger partial charge is 0.326 e. The molecule has 140 valence electrons. The Hall–Kier alpha value is -3.35. The van der Waals surface area contributed by atoms with Gasteiger partial charge in [-0.3, -0.25) is 14.5 Å². The molecule has 0 radical (unpaired) electrons. The summed E-state index contributed by atoms with van der Waals surface area (Å²) in [6.45, 7) is 1.47. The van der Waals surface area contributed by atoms with E-state index in [0.29, 0.717) is 11.5 Å². The lowest BCUT2D eigenvalue weighted by Crippen LogP contribution is -2.53. The summed E-state index contributed by atoms with van der Waals surface area (Å²) in [7, 11) is 0. The molecule has 1 heterocycles. The molecule has 2 aromatic rings. The standard InChI is InChI=1S/C20H20N2O5/c1-2-26-19(24)13-22-18(23)12-17(21-20(22)25)14-7-6-10-16(11-14)27-15-8-4-3-5-9-15/h3-11,17H,2,12-13H2,1H3,(H,21,25). The molecule has 0 aliphatic carbocycles. The number of nitrogens with one attached hydrogen (secondary N) is 1. The van der Waals surface area contributed by atoms with Crippen LogP contribution in [0, 0.1) is 0 Å². The molecule has 0 saturated carbocycles. The summed E-state index contributed by atoms with van der Waals surface area (Å²) in [5.41, 5.74) is 0.751. The number of esters is 1. The van der Waals surface area contributed by atoms with Crippen LogP contribution in [-0.2, 0) is 14.3 Å². The Morgan fingerprint density at radius 1 is 1.11 bits per heavy atom. The van der Waals surface area contributed by atoms with Crippen molar-refractivity contribution in [3.8, 4) is 11.5 Å². The summed E-state index contributed by atoms with van der Waals surface area (Å²) in [6, 6.07) is 15.4. The van der Waals surface area contributed by atoms with Crippen LogP contribution in [0.25, 0.3) is 0 Å². The third-order valence-corrected chi connectivity index (χ3v) is 4.05. The number of para-hydroxylation sites is 1. The maximum Gasteiger partial charge on any atom is 0.326 e. The van der Waals surface area contributed by atoms with E-state index in [1.54, 1.807) is 25.1 Å². The summed E-state index contributed by atoms with van der Waals surface area (Å²) in [5, 5.41) is 2.75. The van der Waals surface area contributed by atoms with E-state index in [1.165, 1.54) is 0 Å². The van der Waals surface area contributed by atoms with Crippen molar-refractivity contribution < 1.29 is 23.9 Å². The quantitative estimate of drug-likeness (QED) is 0.792. The number of nitrogens with zero attached hydrogens (tertiary/aromatic N) is 1. The average molecular weight is 368 g/mol. The Balaban J connectivity index is 1.69. The predicted octanol–water partition coefficient (Wildman–Crippen LogP) is 3.03. The number of amides is 3. The van der Waals surface area contributed by atoms with E-state index < -0.39 is 23.9 Å². The zero-order chi connectivity index (χ0) is 19.2. The number of hydrogen-bond acceptors (Lipinski definition) is 5. The van der Waals surface area contributed by atoms with E-state index in [4.69, 9.17) is 9.47 Å². The van der Waals surface area contributed by atoms with E-state index in [9.17, 15) is 14.4 Å². The first-order chi connectivity index (χ1) is 13.1. The molecule has 2 aromatic carbocycles. The second-order valence-corrected chi connectivity index (χ2v) is 5.98. The highest BCUT2D eigenvalue weighted by Gasteiger charge is 2.34. The van der Waals surface area contributed by atoms with Crippen molar-refractivity contribution in [1.29, 1.82) is 0 Å². The van der Waals surface area contributed by atoms with Crippen LogP contribution in [0.2, 0.25) is 0 Å². The van der Waals surface area contributed by atoms with Gasteiger partial charge in [-0.25, -0.2) is 4.79 Å². The second kappa shape index (κ2) is 8.35. The third-order valence-electron chi connectivity index (χ3n) is 4.05. The first kappa shape index (κ1) is 18.4. The van der Waals surface area contributed by atoms with Crippen LogP contribution in [0.5, 0.6) is 11.5 Å². The fourth-order valence-electron chi connectivity index (χ4n) is 2.79. The molecule has 1 fully saturated rings. The normalized spacial score (nSPS) is 16.6. The lowest BCUT2D eigenvalue weighted by Gasteiger charge is -2.31. The maximum absolute atomic E-state index is 12.3. The van der Waals surface area contributed by atoms with Gasteiger partial charge in [0.25, 0.3) is 0 Å². The summed E-state index contributed by atoms with van der Waals surface area (Å²) in [4.78, 5) is 37.0. The fourth-order valence-corrected chi connectivity index (χ4v) is 2.79. The molecule has 0 aromatic heterocycles. The van der Waals surface area contributed by atoms with E-state index in [2.05, 4.69) is 5.32 Å². The monoisotopic (exact) mass is 368 g/mol. The molecular formula is C20H20N2O5. The summed E-state index contributed by atoms with van der Waals surface area (Å²) in [5.74, 6) is 0.261. The van der Waals surface area contributed by atoms with Crippen molar-refractivity contribution in [2.24, 2.45) is 0 Å². The topological polar surface area (TPSA) is 84.9 Å². The van der Waals surface area contributed by atoms with Crippen molar-refractivity contribution in [2.75, 3.05) is 13.2 Å². The number of ether oxygens (including phenoxy) is 2. The molecule has 0 spiro atoms. The summed E-state index contributed by atoms with van der Waals surface area (Å²) < 4.78 is 10.6. The van der Waals surface area contributed by atoms with Gasteiger partial charge in [0.15, 0.2) is 0 Å². The average Bonchev–Trinajstić information content (AvgIpc) is 2.66.